The first-order valence-electron chi connectivity index (χ1n) is 18.5. The van der Waals surface area contributed by atoms with Crippen molar-refractivity contribution in [1.82, 2.24) is 9.55 Å². The highest BCUT2D eigenvalue weighted by Gasteiger charge is 2.60. The number of hydrogen-bond donors (Lipinski definition) is 0. The normalized spacial score (nSPS) is 22.6. The molecule has 10 nitrogen and oxygen atoms in total. The van der Waals surface area contributed by atoms with Crippen molar-refractivity contribution in [2.75, 3.05) is 6.61 Å². The molecule has 0 bridgehead atoms. The Morgan fingerprint density at radius 3 is 1.78 bits per heavy atom. The molecule has 282 valence electrons. The summed E-state index contributed by atoms with van der Waals surface area (Å²) in [6.07, 6.45) is 0.552. The number of fused-ring (bicyclic) bond motifs is 1. The first kappa shape index (κ1) is 40.9. The van der Waals surface area contributed by atoms with Crippen LogP contribution >= 0.6 is 0 Å². The Bertz CT molecular complexity index is 1640. The summed E-state index contributed by atoms with van der Waals surface area (Å²) in [7, 11) is -9.95. The number of nitrogens with zero attached hydrogens (tertiary/aromatic N) is 2. The minimum atomic E-state index is -4.34. The van der Waals surface area contributed by atoms with E-state index < -0.39 is 45.3 Å². The molecule has 0 amide bonds. The zero-order chi connectivity index (χ0) is 37.7. The maximum atomic E-state index is 14.1. The van der Waals surface area contributed by atoms with Crippen LogP contribution < -0.4 is 9.87 Å². The summed E-state index contributed by atoms with van der Waals surface area (Å²) in [5, 5.41) is 0. The molecule has 4 rings (SSSR count). The van der Waals surface area contributed by atoms with Crippen LogP contribution in [0.4, 0.5) is 0 Å². The molecule has 50 heavy (non-hydrogen) atoms. The molecule has 1 aromatic carbocycles. The molecule has 0 N–H and O–H groups in total. The minimum Gasteiger partial charge on any atom is -0.414 e. The Kier molecular flexibility index (Phi) is 12.5. The fourth-order valence-electron chi connectivity index (χ4n) is 7.47. The van der Waals surface area contributed by atoms with Crippen molar-refractivity contribution >= 4 is 27.2 Å². The van der Waals surface area contributed by atoms with Crippen molar-refractivity contribution in [3.8, 4) is 5.88 Å². The number of aromatic nitrogens is 2. The van der Waals surface area contributed by atoms with Crippen LogP contribution in [0, 0.1) is 6.92 Å². The van der Waals surface area contributed by atoms with E-state index in [4.69, 9.17) is 21.9 Å². The molecule has 0 spiro atoms. The summed E-state index contributed by atoms with van der Waals surface area (Å²) in [6.45, 7) is 31.5. The molecular weight excluding hydrogens is 689 g/mol. The zero-order valence-corrected chi connectivity index (χ0v) is 35.8. The van der Waals surface area contributed by atoms with E-state index in [0.717, 1.165) is 5.56 Å². The molecular formula is C37H62N2O8SSi2. The summed E-state index contributed by atoms with van der Waals surface area (Å²) in [5.74, 6) is -0.159. The summed E-state index contributed by atoms with van der Waals surface area (Å²) >= 11 is 0. The van der Waals surface area contributed by atoms with E-state index in [1.54, 1.807) is 13.1 Å². The second-order valence-electron chi connectivity index (χ2n) is 16.4. The van der Waals surface area contributed by atoms with Gasteiger partial charge in [0.2, 0.25) is 5.88 Å². The largest absolute Gasteiger partial charge is 0.414 e. The van der Waals surface area contributed by atoms with Crippen LogP contribution in [0.15, 0.2) is 28.0 Å². The van der Waals surface area contributed by atoms with Crippen LogP contribution in [0.1, 0.15) is 150 Å². The van der Waals surface area contributed by atoms with E-state index in [-0.39, 0.29) is 56.8 Å². The van der Waals surface area contributed by atoms with Crippen LogP contribution in [-0.2, 0) is 27.8 Å². The Hall–Kier alpha value is -1.88. The average molecular weight is 751 g/mol. The summed E-state index contributed by atoms with van der Waals surface area (Å²) in [4.78, 5) is 18.0. The molecule has 2 aliphatic heterocycles. The third-order valence-electron chi connectivity index (χ3n) is 10.4. The Labute approximate surface area is 303 Å². The van der Waals surface area contributed by atoms with Gasteiger partial charge in [0, 0.05) is 18.2 Å². The number of hydrogen-bond acceptors (Lipinski definition) is 9. The van der Waals surface area contributed by atoms with Crippen LogP contribution in [0.3, 0.4) is 0 Å². The van der Waals surface area contributed by atoms with Gasteiger partial charge in [0.1, 0.15) is 17.2 Å². The lowest BCUT2D eigenvalue weighted by Crippen LogP contribution is -2.65. The van der Waals surface area contributed by atoms with Crippen molar-refractivity contribution in [1.29, 1.82) is 0 Å². The Morgan fingerprint density at radius 2 is 1.32 bits per heavy atom. The van der Waals surface area contributed by atoms with Crippen molar-refractivity contribution in [3.05, 3.63) is 51.1 Å². The molecule has 2 saturated heterocycles. The maximum absolute atomic E-state index is 14.1. The van der Waals surface area contributed by atoms with Crippen molar-refractivity contribution in [2.24, 2.45) is 0 Å². The topological polar surface area (TPSA) is 115 Å². The number of rotatable bonds is 11. The Balaban J connectivity index is 1.71. The van der Waals surface area contributed by atoms with Gasteiger partial charge in [-0.25, -0.2) is 4.79 Å². The summed E-state index contributed by atoms with van der Waals surface area (Å²) in [6, 6.07) is 3.91. The molecule has 3 atom stereocenters. The van der Waals surface area contributed by atoms with Crippen LogP contribution in [0.25, 0.3) is 0 Å². The standard InChI is InChI=1S/C37H62N2O8SSi2/c1-21(2)29-16-30(22(3)4)35(31(17-29)23(5)6)48(41,42)45-36-28(15)19-39(37(40)38-36)34-18-32-33(44-34)20-43-49(24(7)8,25(9)10)47-50(46-32,26(11)12)27(13)14/h16-17,19,21-27,32-34H,18,20H2,1-15H3/t32-,33+,34+/m0/s1. The fourth-order valence-corrected chi connectivity index (χ4v) is 20.3. The molecule has 2 aliphatic rings. The molecule has 2 fully saturated rings. The lowest BCUT2D eigenvalue weighted by molar-refractivity contribution is -0.0566. The monoisotopic (exact) mass is 750 g/mol. The average Bonchev–Trinajstić information content (AvgIpc) is 3.38. The summed E-state index contributed by atoms with van der Waals surface area (Å²) < 4.78 is 63.1. The maximum Gasteiger partial charge on any atom is 0.353 e. The van der Waals surface area contributed by atoms with Gasteiger partial charge in [-0.15, -0.1) is 0 Å². The lowest BCUT2D eigenvalue weighted by Gasteiger charge is -2.51. The first-order valence-corrected chi connectivity index (χ1v) is 23.8. The van der Waals surface area contributed by atoms with Crippen LogP contribution in [-0.4, -0.2) is 53.9 Å². The molecule has 0 unspecified atom stereocenters. The quantitative estimate of drug-likeness (QED) is 0.164. The molecule has 3 heterocycles. The zero-order valence-electron chi connectivity index (χ0n) is 33.0. The van der Waals surface area contributed by atoms with Crippen molar-refractivity contribution in [2.45, 2.75) is 174 Å². The van der Waals surface area contributed by atoms with Crippen LogP contribution in [0.5, 0.6) is 5.88 Å². The van der Waals surface area contributed by atoms with Gasteiger partial charge in [-0.2, -0.15) is 13.4 Å². The molecule has 13 heteroatoms. The lowest BCUT2D eigenvalue weighted by atomic mass is 9.89. The Morgan fingerprint density at radius 1 is 0.800 bits per heavy atom. The van der Waals surface area contributed by atoms with E-state index in [9.17, 15) is 13.2 Å². The molecule has 0 radical (unpaired) electrons. The highest BCUT2D eigenvalue weighted by Crippen LogP contribution is 2.48. The second kappa shape index (κ2) is 15.2. The summed E-state index contributed by atoms with van der Waals surface area (Å²) in [5.41, 5.74) is 2.90. The van der Waals surface area contributed by atoms with Crippen molar-refractivity contribution in [3.63, 3.8) is 0 Å². The van der Waals surface area contributed by atoms with E-state index in [1.807, 2.05) is 39.8 Å². The molecule has 2 aromatic rings. The first-order chi connectivity index (χ1) is 23.1. The third kappa shape index (κ3) is 7.74. The fraction of sp³-hybridized carbons (Fsp3) is 0.730. The van der Waals surface area contributed by atoms with E-state index >= 15 is 0 Å². The van der Waals surface area contributed by atoms with Gasteiger partial charge in [-0.1, -0.05) is 109 Å². The molecule has 0 aliphatic carbocycles. The molecule has 0 saturated carbocycles. The predicted octanol–water partition coefficient (Wildman–Crippen LogP) is 8.93. The minimum absolute atomic E-state index is 0.0724. The van der Waals surface area contributed by atoms with Gasteiger partial charge < -0.3 is 21.9 Å². The van der Waals surface area contributed by atoms with E-state index in [2.05, 4.69) is 74.2 Å². The van der Waals surface area contributed by atoms with Gasteiger partial charge in [-0.05, 0) is 63.5 Å². The number of ether oxygens (including phenoxy) is 1. The van der Waals surface area contributed by atoms with Crippen molar-refractivity contribution < 1.29 is 30.3 Å². The van der Waals surface area contributed by atoms with Gasteiger partial charge in [0.25, 0.3) is 0 Å². The smallest absolute Gasteiger partial charge is 0.353 e. The number of aryl methyl sites for hydroxylation is 1. The van der Waals surface area contributed by atoms with Gasteiger partial charge >= 0.3 is 32.9 Å². The van der Waals surface area contributed by atoms with Gasteiger partial charge in [0.15, 0.2) is 0 Å². The second-order valence-corrected chi connectivity index (χ2v) is 26.8. The third-order valence-corrected chi connectivity index (χ3v) is 22.1. The van der Waals surface area contributed by atoms with E-state index in [0.29, 0.717) is 29.7 Å². The highest BCUT2D eigenvalue weighted by atomic mass is 32.2. The van der Waals surface area contributed by atoms with Crippen LogP contribution in [0.2, 0.25) is 22.2 Å². The molecule has 1 aromatic heterocycles. The van der Waals surface area contributed by atoms with Gasteiger partial charge in [-0.3, -0.25) is 4.57 Å². The predicted molar refractivity (Wildman–Crippen MR) is 202 cm³/mol. The van der Waals surface area contributed by atoms with Gasteiger partial charge in [0.05, 0.1) is 12.7 Å². The van der Waals surface area contributed by atoms with E-state index in [1.165, 1.54) is 4.57 Å². The number of benzene rings is 1. The SMILES string of the molecule is Cc1cn([C@H]2C[C@@H]3O[Si](C(C)C)(C(C)C)O[Si](C(C)C)(C(C)C)OC[C@H]3O2)c(=O)nc1OS(=O)(=O)c1c(C(C)C)cc(C(C)C)cc1C(C)C. The highest BCUT2D eigenvalue weighted by molar-refractivity contribution is 7.87.